The third-order valence-corrected chi connectivity index (χ3v) is 4.44. The molecule has 138 valence electrons. The van der Waals surface area contributed by atoms with Crippen LogP contribution in [0.15, 0.2) is 48.9 Å². The lowest BCUT2D eigenvalue weighted by Crippen LogP contribution is -2.36. The second-order valence-electron chi connectivity index (χ2n) is 6.29. The van der Waals surface area contributed by atoms with Gasteiger partial charge in [-0.1, -0.05) is 6.92 Å². The molecular weight excluding hydrogens is 340 g/mol. The molecule has 0 aliphatic carbocycles. The van der Waals surface area contributed by atoms with Gasteiger partial charge in [0, 0.05) is 42.8 Å². The van der Waals surface area contributed by atoms with Gasteiger partial charge in [0.05, 0.1) is 25.1 Å². The van der Waals surface area contributed by atoms with Crippen LogP contribution < -0.4 is 10.2 Å². The molecule has 4 heterocycles. The summed E-state index contributed by atoms with van der Waals surface area (Å²) >= 11 is 0. The molecule has 1 aliphatic heterocycles. The van der Waals surface area contributed by atoms with Crippen LogP contribution in [0.5, 0.6) is 0 Å². The Balaban J connectivity index is 1.55. The summed E-state index contributed by atoms with van der Waals surface area (Å²) in [7, 11) is 0. The Kier molecular flexibility index (Phi) is 5.20. The predicted molar refractivity (Wildman–Crippen MR) is 105 cm³/mol. The van der Waals surface area contributed by atoms with Gasteiger partial charge in [-0.3, -0.25) is 4.98 Å². The molecule has 0 bridgehead atoms. The molecule has 0 saturated carbocycles. The number of ether oxygens (including phenoxy) is 1. The quantitative estimate of drug-likeness (QED) is 0.747. The van der Waals surface area contributed by atoms with Crippen LogP contribution in [-0.4, -0.2) is 46.2 Å². The lowest BCUT2D eigenvalue weighted by molar-refractivity contribution is 0.122. The van der Waals surface area contributed by atoms with Gasteiger partial charge >= 0.3 is 0 Å². The van der Waals surface area contributed by atoms with Crippen molar-refractivity contribution in [1.29, 1.82) is 0 Å². The fourth-order valence-corrected chi connectivity index (χ4v) is 2.96. The third kappa shape index (κ3) is 4.20. The van der Waals surface area contributed by atoms with Crippen molar-refractivity contribution < 1.29 is 4.74 Å². The molecule has 3 aromatic rings. The summed E-state index contributed by atoms with van der Waals surface area (Å²) in [5.41, 5.74) is 2.83. The van der Waals surface area contributed by atoms with Gasteiger partial charge < -0.3 is 15.0 Å². The van der Waals surface area contributed by atoms with Gasteiger partial charge in [-0.15, -0.1) is 0 Å². The smallest absolute Gasteiger partial charge is 0.161 e. The summed E-state index contributed by atoms with van der Waals surface area (Å²) in [4.78, 5) is 20.1. The molecule has 7 heteroatoms. The third-order valence-electron chi connectivity index (χ3n) is 4.44. The molecule has 1 fully saturated rings. The van der Waals surface area contributed by atoms with E-state index in [0.29, 0.717) is 5.82 Å². The van der Waals surface area contributed by atoms with E-state index in [1.54, 1.807) is 12.4 Å². The molecule has 0 amide bonds. The van der Waals surface area contributed by atoms with Crippen LogP contribution in [0.4, 0.5) is 17.3 Å². The molecule has 1 N–H and O–H groups in total. The molecule has 27 heavy (non-hydrogen) atoms. The van der Waals surface area contributed by atoms with E-state index in [0.717, 1.165) is 61.3 Å². The van der Waals surface area contributed by atoms with Crippen molar-refractivity contribution in [3.05, 3.63) is 54.6 Å². The monoisotopic (exact) mass is 362 g/mol. The van der Waals surface area contributed by atoms with Crippen LogP contribution in [0.25, 0.3) is 11.4 Å². The van der Waals surface area contributed by atoms with Crippen molar-refractivity contribution in [2.24, 2.45) is 0 Å². The first-order chi connectivity index (χ1) is 13.3. The van der Waals surface area contributed by atoms with E-state index in [1.165, 1.54) is 0 Å². The molecule has 0 aromatic carbocycles. The van der Waals surface area contributed by atoms with Crippen molar-refractivity contribution in [3.8, 4) is 11.4 Å². The second kappa shape index (κ2) is 8.09. The van der Waals surface area contributed by atoms with E-state index < -0.39 is 0 Å². The fourth-order valence-electron chi connectivity index (χ4n) is 2.96. The van der Waals surface area contributed by atoms with Gasteiger partial charge in [0.1, 0.15) is 11.6 Å². The van der Waals surface area contributed by atoms with E-state index in [1.807, 2.05) is 36.5 Å². The fraction of sp³-hybridized carbons (Fsp3) is 0.300. The van der Waals surface area contributed by atoms with E-state index in [2.05, 4.69) is 37.1 Å². The Labute approximate surface area is 158 Å². The summed E-state index contributed by atoms with van der Waals surface area (Å²) in [6, 6.07) is 9.85. The first kappa shape index (κ1) is 17.4. The minimum absolute atomic E-state index is 0.692. The first-order valence-electron chi connectivity index (χ1n) is 9.16. The second-order valence-corrected chi connectivity index (χ2v) is 6.29. The lowest BCUT2D eigenvalue weighted by atomic mass is 10.2. The molecule has 0 radical (unpaired) electrons. The van der Waals surface area contributed by atoms with Crippen molar-refractivity contribution in [1.82, 2.24) is 19.9 Å². The maximum atomic E-state index is 5.39. The standard InChI is InChI=1S/C20H22N6O/c1-2-16-13-18(25-20(24-16)15-5-7-21-8-6-15)23-17-3-4-19(22-14-17)26-9-11-27-12-10-26/h3-8,13-14H,2,9-12H2,1H3,(H,23,24,25). The minimum Gasteiger partial charge on any atom is -0.378 e. The summed E-state index contributed by atoms with van der Waals surface area (Å²) in [6.45, 7) is 5.34. The lowest BCUT2D eigenvalue weighted by Gasteiger charge is -2.27. The first-order valence-corrected chi connectivity index (χ1v) is 9.16. The number of pyridine rings is 2. The van der Waals surface area contributed by atoms with Crippen molar-refractivity contribution in [2.75, 3.05) is 36.5 Å². The highest BCUT2D eigenvalue weighted by atomic mass is 16.5. The summed E-state index contributed by atoms with van der Waals surface area (Å²) in [6.07, 6.45) is 6.17. The van der Waals surface area contributed by atoms with E-state index >= 15 is 0 Å². The summed E-state index contributed by atoms with van der Waals surface area (Å²) in [5, 5.41) is 3.35. The molecule has 1 saturated heterocycles. The molecular formula is C20H22N6O. The number of rotatable bonds is 5. The minimum atomic E-state index is 0.692. The molecule has 4 rings (SSSR count). The van der Waals surface area contributed by atoms with Crippen molar-refractivity contribution in [3.63, 3.8) is 0 Å². The summed E-state index contributed by atoms with van der Waals surface area (Å²) < 4.78 is 5.39. The number of anilines is 3. The Morgan fingerprint density at radius 1 is 1.07 bits per heavy atom. The molecule has 7 nitrogen and oxygen atoms in total. The SMILES string of the molecule is CCc1cc(Nc2ccc(N3CCOCC3)nc2)nc(-c2ccncc2)n1. The number of hydrogen-bond acceptors (Lipinski definition) is 7. The van der Waals surface area contributed by atoms with Crippen LogP contribution in [0, 0.1) is 0 Å². The normalized spacial score (nSPS) is 14.2. The average molecular weight is 362 g/mol. The molecule has 0 spiro atoms. The number of aromatic nitrogens is 4. The highest BCUT2D eigenvalue weighted by molar-refractivity contribution is 5.62. The largest absolute Gasteiger partial charge is 0.378 e. The predicted octanol–water partition coefficient (Wildman–Crippen LogP) is 3.08. The van der Waals surface area contributed by atoms with Crippen LogP contribution in [-0.2, 0) is 11.2 Å². The van der Waals surface area contributed by atoms with Crippen LogP contribution in [0.1, 0.15) is 12.6 Å². The van der Waals surface area contributed by atoms with E-state index in [4.69, 9.17) is 4.74 Å². The topological polar surface area (TPSA) is 76.1 Å². The maximum absolute atomic E-state index is 5.39. The zero-order valence-electron chi connectivity index (χ0n) is 15.3. The van der Waals surface area contributed by atoms with Gasteiger partial charge in [-0.25, -0.2) is 15.0 Å². The number of aryl methyl sites for hydroxylation is 1. The molecule has 0 atom stereocenters. The van der Waals surface area contributed by atoms with Crippen molar-refractivity contribution >= 4 is 17.3 Å². The van der Waals surface area contributed by atoms with Crippen LogP contribution in [0.3, 0.4) is 0 Å². The molecule has 0 unspecified atom stereocenters. The highest BCUT2D eigenvalue weighted by Crippen LogP contribution is 2.22. The number of nitrogens with zero attached hydrogens (tertiary/aromatic N) is 5. The molecule has 3 aromatic heterocycles. The Hall–Kier alpha value is -3.06. The van der Waals surface area contributed by atoms with E-state index in [-0.39, 0.29) is 0 Å². The van der Waals surface area contributed by atoms with Crippen molar-refractivity contribution in [2.45, 2.75) is 13.3 Å². The Bertz CT molecular complexity index is 879. The Morgan fingerprint density at radius 2 is 1.89 bits per heavy atom. The Morgan fingerprint density at radius 3 is 2.59 bits per heavy atom. The van der Waals surface area contributed by atoms with Crippen LogP contribution in [0.2, 0.25) is 0 Å². The zero-order chi connectivity index (χ0) is 18.5. The van der Waals surface area contributed by atoms with Crippen LogP contribution >= 0.6 is 0 Å². The number of morpholine rings is 1. The summed E-state index contributed by atoms with van der Waals surface area (Å²) in [5.74, 6) is 2.42. The average Bonchev–Trinajstić information content (AvgIpc) is 2.75. The van der Waals surface area contributed by atoms with Gasteiger partial charge in [0.2, 0.25) is 0 Å². The number of nitrogens with one attached hydrogen (secondary N) is 1. The highest BCUT2D eigenvalue weighted by Gasteiger charge is 2.12. The van der Waals surface area contributed by atoms with Gasteiger partial charge in [0.25, 0.3) is 0 Å². The molecule has 1 aliphatic rings. The van der Waals surface area contributed by atoms with Gasteiger partial charge in [-0.2, -0.15) is 0 Å². The van der Waals surface area contributed by atoms with E-state index in [9.17, 15) is 0 Å². The zero-order valence-corrected chi connectivity index (χ0v) is 15.3. The van der Waals surface area contributed by atoms with Gasteiger partial charge in [-0.05, 0) is 30.7 Å². The number of hydrogen-bond donors (Lipinski definition) is 1. The van der Waals surface area contributed by atoms with Gasteiger partial charge in [0.15, 0.2) is 5.82 Å². The maximum Gasteiger partial charge on any atom is 0.161 e.